The van der Waals surface area contributed by atoms with Gasteiger partial charge in [-0.1, -0.05) is 0 Å². The molecule has 1 saturated heterocycles. The second-order valence-corrected chi connectivity index (χ2v) is 6.23. The standard InChI is InChI=1S/C13H16BrNO4S/c1-3-19-13(17)9-6-20-12(15-9)7-4-8(14)11(16)10(5-7)18-2/h4-5,9,12,15-16H,3,6H2,1-2H3/t9-,12+/m0/s1. The molecule has 1 aromatic rings. The molecular formula is C13H16BrNO4S. The maximum Gasteiger partial charge on any atom is 0.324 e. The van der Waals surface area contributed by atoms with Gasteiger partial charge in [0.05, 0.1) is 23.6 Å². The Kier molecular flexibility index (Phi) is 5.17. The number of thioether (sulfide) groups is 1. The Bertz CT molecular complexity index is 511. The molecule has 0 saturated carbocycles. The summed E-state index contributed by atoms with van der Waals surface area (Å²) in [5.41, 5.74) is 0.934. The lowest BCUT2D eigenvalue weighted by Crippen LogP contribution is -2.35. The first-order valence-corrected chi connectivity index (χ1v) is 8.01. The van der Waals surface area contributed by atoms with Gasteiger partial charge in [0, 0.05) is 5.75 Å². The Morgan fingerprint density at radius 1 is 1.60 bits per heavy atom. The van der Waals surface area contributed by atoms with Crippen molar-refractivity contribution >= 4 is 33.7 Å². The molecule has 20 heavy (non-hydrogen) atoms. The van der Waals surface area contributed by atoms with E-state index in [1.165, 1.54) is 7.11 Å². The van der Waals surface area contributed by atoms with Gasteiger partial charge in [-0.25, -0.2) is 0 Å². The number of carbonyl (C=O) groups excluding carboxylic acids is 1. The third-order valence-corrected chi connectivity index (χ3v) is 4.80. The number of rotatable bonds is 4. The minimum absolute atomic E-state index is 0.0322. The SMILES string of the molecule is CCOC(=O)[C@@H]1CS[C@H](c2cc(Br)c(O)c(OC)c2)N1. The van der Waals surface area contributed by atoms with Crippen molar-refractivity contribution in [3.63, 3.8) is 0 Å². The normalized spacial score (nSPS) is 21.8. The van der Waals surface area contributed by atoms with Crippen molar-refractivity contribution in [2.24, 2.45) is 0 Å². The summed E-state index contributed by atoms with van der Waals surface area (Å²) in [5, 5.41) is 13.0. The van der Waals surface area contributed by atoms with Crippen molar-refractivity contribution in [2.75, 3.05) is 19.5 Å². The molecule has 2 rings (SSSR count). The first-order chi connectivity index (χ1) is 9.56. The number of benzene rings is 1. The fourth-order valence-electron chi connectivity index (χ4n) is 1.94. The van der Waals surface area contributed by atoms with Crippen LogP contribution < -0.4 is 10.1 Å². The molecule has 0 aliphatic carbocycles. The lowest BCUT2D eigenvalue weighted by molar-refractivity contribution is -0.144. The second kappa shape index (κ2) is 6.69. The van der Waals surface area contributed by atoms with Gasteiger partial charge < -0.3 is 14.6 Å². The van der Waals surface area contributed by atoms with Crippen molar-refractivity contribution in [1.29, 1.82) is 0 Å². The maximum absolute atomic E-state index is 11.7. The Labute approximate surface area is 130 Å². The molecule has 1 aromatic carbocycles. The highest BCUT2D eigenvalue weighted by Crippen LogP contribution is 2.41. The summed E-state index contributed by atoms with van der Waals surface area (Å²) in [5.74, 6) is 0.898. The summed E-state index contributed by atoms with van der Waals surface area (Å²) in [6, 6.07) is 3.28. The van der Waals surface area contributed by atoms with Crippen LogP contribution >= 0.6 is 27.7 Å². The van der Waals surface area contributed by atoms with E-state index in [1.54, 1.807) is 24.8 Å². The van der Waals surface area contributed by atoms with Crippen LogP contribution in [0.5, 0.6) is 11.5 Å². The lowest BCUT2D eigenvalue weighted by atomic mass is 10.2. The Morgan fingerprint density at radius 3 is 3.00 bits per heavy atom. The number of methoxy groups -OCH3 is 1. The fourth-order valence-corrected chi connectivity index (χ4v) is 3.61. The van der Waals surface area contributed by atoms with Crippen LogP contribution in [0.1, 0.15) is 17.9 Å². The Hall–Kier alpha value is -0.920. The predicted molar refractivity (Wildman–Crippen MR) is 81.1 cm³/mol. The number of nitrogens with one attached hydrogen (secondary N) is 1. The van der Waals surface area contributed by atoms with Crippen LogP contribution in [0.25, 0.3) is 0 Å². The van der Waals surface area contributed by atoms with E-state index in [1.807, 2.05) is 6.07 Å². The molecule has 2 atom stereocenters. The van der Waals surface area contributed by atoms with Crippen LogP contribution in [0.4, 0.5) is 0 Å². The largest absolute Gasteiger partial charge is 0.503 e. The first-order valence-electron chi connectivity index (χ1n) is 6.17. The van der Waals surface area contributed by atoms with Crippen molar-refractivity contribution in [3.05, 3.63) is 22.2 Å². The number of esters is 1. The molecular weight excluding hydrogens is 346 g/mol. The average molecular weight is 362 g/mol. The summed E-state index contributed by atoms with van der Waals surface area (Å²) in [7, 11) is 1.50. The summed E-state index contributed by atoms with van der Waals surface area (Å²) >= 11 is 4.92. The van der Waals surface area contributed by atoms with Crippen LogP contribution in [0.3, 0.4) is 0 Å². The van der Waals surface area contributed by atoms with Crippen LogP contribution in [-0.4, -0.2) is 36.6 Å². The van der Waals surface area contributed by atoms with Crippen LogP contribution in [-0.2, 0) is 9.53 Å². The lowest BCUT2D eigenvalue weighted by Gasteiger charge is -2.15. The zero-order valence-corrected chi connectivity index (χ0v) is 13.6. The number of hydrogen-bond acceptors (Lipinski definition) is 6. The summed E-state index contributed by atoms with van der Waals surface area (Å²) in [6.45, 7) is 2.17. The number of hydrogen-bond donors (Lipinski definition) is 2. The quantitative estimate of drug-likeness (QED) is 0.802. The molecule has 2 N–H and O–H groups in total. The number of phenolic OH excluding ortho intramolecular Hbond substituents is 1. The average Bonchev–Trinajstić information content (AvgIpc) is 2.91. The topological polar surface area (TPSA) is 67.8 Å². The number of phenols is 1. The Morgan fingerprint density at radius 2 is 2.35 bits per heavy atom. The van der Waals surface area contributed by atoms with E-state index in [-0.39, 0.29) is 23.1 Å². The highest BCUT2D eigenvalue weighted by molar-refractivity contribution is 9.10. The second-order valence-electron chi connectivity index (χ2n) is 4.24. The van der Waals surface area contributed by atoms with Crippen molar-refractivity contribution < 1.29 is 19.4 Å². The zero-order valence-electron chi connectivity index (χ0n) is 11.2. The summed E-state index contributed by atoms with van der Waals surface area (Å²) in [6.07, 6.45) is 0. The van der Waals surface area contributed by atoms with Gasteiger partial charge in [0.1, 0.15) is 6.04 Å². The molecule has 1 aliphatic heterocycles. The monoisotopic (exact) mass is 361 g/mol. The van der Waals surface area contributed by atoms with Gasteiger partial charge in [-0.2, -0.15) is 0 Å². The van der Waals surface area contributed by atoms with E-state index in [9.17, 15) is 9.90 Å². The molecule has 0 radical (unpaired) electrons. The minimum atomic E-state index is -0.302. The van der Waals surface area contributed by atoms with Crippen LogP contribution in [0.15, 0.2) is 16.6 Å². The molecule has 0 amide bonds. The molecule has 5 nitrogen and oxygen atoms in total. The van der Waals surface area contributed by atoms with Gasteiger partial charge in [-0.3, -0.25) is 10.1 Å². The fraction of sp³-hybridized carbons (Fsp3) is 0.462. The number of ether oxygens (including phenoxy) is 2. The molecule has 0 spiro atoms. The summed E-state index contributed by atoms with van der Waals surface area (Å²) in [4.78, 5) is 11.7. The maximum atomic E-state index is 11.7. The van der Waals surface area contributed by atoms with Crippen LogP contribution in [0, 0.1) is 0 Å². The van der Waals surface area contributed by atoms with E-state index < -0.39 is 0 Å². The van der Waals surface area contributed by atoms with Gasteiger partial charge >= 0.3 is 5.97 Å². The van der Waals surface area contributed by atoms with E-state index in [0.717, 1.165) is 5.56 Å². The van der Waals surface area contributed by atoms with E-state index in [2.05, 4.69) is 21.2 Å². The first kappa shape index (κ1) is 15.5. The molecule has 1 heterocycles. The summed E-state index contributed by atoms with van der Waals surface area (Å²) < 4.78 is 10.7. The molecule has 1 aliphatic rings. The van der Waals surface area contributed by atoms with Gasteiger partial charge in [0.25, 0.3) is 0 Å². The van der Waals surface area contributed by atoms with E-state index >= 15 is 0 Å². The smallest absolute Gasteiger partial charge is 0.324 e. The van der Waals surface area contributed by atoms with E-state index in [0.29, 0.717) is 22.6 Å². The predicted octanol–water partition coefficient (Wildman–Crippen LogP) is 2.43. The number of aromatic hydroxyl groups is 1. The molecule has 0 bridgehead atoms. The molecule has 0 aromatic heterocycles. The Balaban J connectivity index is 2.14. The molecule has 0 unspecified atom stereocenters. The minimum Gasteiger partial charge on any atom is -0.503 e. The molecule has 110 valence electrons. The van der Waals surface area contributed by atoms with Crippen LogP contribution in [0.2, 0.25) is 0 Å². The zero-order chi connectivity index (χ0) is 14.7. The molecule has 7 heteroatoms. The van der Waals surface area contributed by atoms with E-state index in [4.69, 9.17) is 9.47 Å². The van der Waals surface area contributed by atoms with Crippen molar-refractivity contribution in [3.8, 4) is 11.5 Å². The highest BCUT2D eigenvalue weighted by atomic mass is 79.9. The highest BCUT2D eigenvalue weighted by Gasteiger charge is 2.32. The third-order valence-electron chi connectivity index (χ3n) is 2.93. The van der Waals surface area contributed by atoms with Gasteiger partial charge in [0.2, 0.25) is 0 Å². The van der Waals surface area contributed by atoms with Gasteiger partial charge in [-0.05, 0) is 40.5 Å². The molecule has 1 fully saturated rings. The third kappa shape index (κ3) is 3.21. The van der Waals surface area contributed by atoms with Gasteiger partial charge in [0.15, 0.2) is 11.5 Å². The van der Waals surface area contributed by atoms with Crippen molar-refractivity contribution in [2.45, 2.75) is 18.3 Å². The van der Waals surface area contributed by atoms with Gasteiger partial charge in [-0.15, -0.1) is 11.8 Å². The van der Waals surface area contributed by atoms with Crippen molar-refractivity contribution in [1.82, 2.24) is 5.32 Å². The number of halogens is 1. The number of carbonyl (C=O) groups is 1.